The van der Waals surface area contributed by atoms with Crippen LogP contribution in [-0.4, -0.2) is 75.2 Å². The van der Waals surface area contributed by atoms with E-state index in [4.69, 9.17) is 5.73 Å². The molecule has 2 rings (SSSR count). The normalized spacial score (nSPS) is 17.8. The Kier molecular flexibility index (Phi) is 4.87. The van der Waals surface area contributed by atoms with Gasteiger partial charge in [0.25, 0.3) is 10.0 Å². The van der Waals surface area contributed by atoms with E-state index < -0.39 is 10.0 Å². The van der Waals surface area contributed by atoms with Crippen molar-refractivity contribution in [1.29, 1.82) is 0 Å². The first kappa shape index (κ1) is 16.2. The smallest absolute Gasteiger partial charge is 0.252 e. The number of carbonyl (C=O) groups excluding carboxylic acids is 1. The summed E-state index contributed by atoms with van der Waals surface area (Å²) in [7, 11) is -0.0345. The van der Waals surface area contributed by atoms with Crippen molar-refractivity contribution in [2.75, 3.05) is 52.6 Å². The molecule has 0 spiro atoms. The zero-order valence-electron chi connectivity index (χ0n) is 12.2. The molecule has 2 N–H and O–H groups in total. The molecule has 0 bridgehead atoms. The molecule has 0 atom stereocenters. The maximum atomic E-state index is 12.4. The fraction of sp³-hybridized carbons (Fsp3) is 0.583. The van der Waals surface area contributed by atoms with Gasteiger partial charge in [0.1, 0.15) is 4.21 Å². The second-order valence-electron chi connectivity index (χ2n) is 5.17. The molecule has 0 radical (unpaired) electrons. The Labute approximate surface area is 129 Å². The van der Waals surface area contributed by atoms with Crippen molar-refractivity contribution in [2.45, 2.75) is 4.21 Å². The molecule has 1 aliphatic heterocycles. The number of amides is 1. The zero-order chi connectivity index (χ0) is 15.6. The number of nitrogens with zero attached hydrogens (tertiary/aromatic N) is 3. The number of likely N-dealkylation sites (N-methyl/N-ethyl adjacent to an activating group) is 1. The summed E-state index contributed by atoms with van der Waals surface area (Å²) >= 11 is 1.14. The maximum absolute atomic E-state index is 12.4. The minimum atomic E-state index is -3.46. The topological polar surface area (TPSA) is 87.0 Å². The number of sulfonamides is 1. The monoisotopic (exact) mass is 332 g/mol. The highest BCUT2D eigenvalue weighted by Gasteiger charge is 2.30. The SMILES string of the molecule is CN(C)C(=O)CN1CCN(S(=O)(=O)c2cc(N)cs2)CC1. The lowest BCUT2D eigenvalue weighted by Gasteiger charge is -2.33. The van der Waals surface area contributed by atoms with E-state index in [9.17, 15) is 13.2 Å². The molecule has 1 aliphatic rings. The van der Waals surface area contributed by atoms with Gasteiger partial charge < -0.3 is 10.6 Å². The summed E-state index contributed by atoms with van der Waals surface area (Å²) in [5.41, 5.74) is 6.05. The van der Waals surface area contributed by atoms with Crippen molar-refractivity contribution in [1.82, 2.24) is 14.1 Å². The Balaban J connectivity index is 1.96. The van der Waals surface area contributed by atoms with E-state index in [1.54, 1.807) is 19.5 Å². The molecule has 0 aliphatic carbocycles. The molecule has 21 heavy (non-hydrogen) atoms. The summed E-state index contributed by atoms with van der Waals surface area (Å²) in [5, 5.41) is 1.62. The van der Waals surface area contributed by atoms with Gasteiger partial charge in [0.15, 0.2) is 0 Å². The lowest BCUT2D eigenvalue weighted by molar-refractivity contribution is -0.130. The van der Waals surface area contributed by atoms with Gasteiger partial charge >= 0.3 is 0 Å². The molecule has 1 aromatic heterocycles. The van der Waals surface area contributed by atoms with Crippen LogP contribution in [0.15, 0.2) is 15.7 Å². The van der Waals surface area contributed by atoms with Crippen LogP contribution in [0.4, 0.5) is 5.69 Å². The summed E-state index contributed by atoms with van der Waals surface area (Å²) in [4.78, 5) is 15.2. The van der Waals surface area contributed by atoms with Crippen LogP contribution in [-0.2, 0) is 14.8 Å². The molecule has 1 aromatic rings. The number of rotatable bonds is 4. The number of nitrogen functional groups attached to an aromatic ring is 1. The molecule has 0 saturated carbocycles. The van der Waals surface area contributed by atoms with Crippen molar-refractivity contribution in [2.24, 2.45) is 0 Å². The van der Waals surface area contributed by atoms with Crippen molar-refractivity contribution in [3.63, 3.8) is 0 Å². The second-order valence-corrected chi connectivity index (χ2v) is 8.24. The van der Waals surface area contributed by atoms with Crippen LogP contribution >= 0.6 is 11.3 Å². The van der Waals surface area contributed by atoms with Gasteiger partial charge in [-0.2, -0.15) is 4.31 Å². The average Bonchev–Trinajstić information content (AvgIpc) is 2.86. The summed E-state index contributed by atoms with van der Waals surface area (Å²) < 4.78 is 26.6. The summed E-state index contributed by atoms with van der Waals surface area (Å²) in [6.45, 7) is 2.22. The van der Waals surface area contributed by atoms with Gasteiger partial charge in [0, 0.05) is 51.3 Å². The molecule has 1 amide bonds. The fourth-order valence-electron chi connectivity index (χ4n) is 2.05. The number of carbonyl (C=O) groups is 1. The third-order valence-corrected chi connectivity index (χ3v) is 6.71. The minimum Gasteiger partial charge on any atom is -0.398 e. The Morgan fingerprint density at radius 2 is 1.95 bits per heavy atom. The van der Waals surface area contributed by atoms with Gasteiger partial charge in [-0.1, -0.05) is 0 Å². The van der Waals surface area contributed by atoms with E-state index in [2.05, 4.69) is 0 Å². The molecule has 1 saturated heterocycles. The second kappa shape index (κ2) is 6.30. The van der Waals surface area contributed by atoms with E-state index in [1.807, 2.05) is 4.90 Å². The van der Waals surface area contributed by atoms with Crippen LogP contribution in [0.5, 0.6) is 0 Å². The zero-order valence-corrected chi connectivity index (χ0v) is 13.8. The molecule has 1 fully saturated rings. The molecular formula is C12H20N4O3S2. The molecule has 0 aromatic carbocycles. The third kappa shape index (κ3) is 3.73. The lowest BCUT2D eigenvalue weighted by Crippen LogP contribution is -2.50. The van der Waals surface area contributed by atoms with Gasteiger partial charge in [0.05, 0.1) is 6.54 Å². The maximum Gasteiger partial charge on any atom is 0.252 e. The average molecular weight is 332 g/mol. The van der Waals surface area contributed by atoms with Gasteiger partial charge in [-0.3, -0.25) is 9.69 Å². The molecule has 7 nitrogen and oxygen atoms in total. The number of hydrogen-bond acceptors (Lipinski definition) is 6. The van der Waals surface area contributed by atoms with Gasteiger partial charge in [-0.05, 0) is 6.07 Å². The van der Waals surface area contributed by atoms with E-state index in [1.165, 1.54) is 15.3 Å². The van der Waals surface area contributed by atoms with Crippen LogP contribution < -0.4 is 5.73 Å². The predicted octanol–water partition coefficient (Wildman–Crippen LogP) is -0.275. The first-order valence-corrected chi connectivity index (χ1v) is 8.89. The Morgan fingerprint density at radius 3 is 2.43 bits per heavy atom. The quantitative estimate of drug-likeness (QED) is 0.820. The van der Waals surface area contributed by atoms with Gasteiger partial charge in [-0.15, -0.1) is 11.3 Å². The van der Waals surface area contributed by atoms with Crippen molar-refractivity contribution in [3.8, 4) is 0 Å². The number of piperazine rings is 1. The highest BCUT2D eigenvalue weighted by Crippen LogP contribution is 2.25. The Morgan fingerprint density at radius 1 is 1.33 bits per heavy atom. The summed E-state index contributed by atoms with van der Waals surface area (Å²) in [6, 6.07) is 1.49. The van der Waals surface area contributed by atoms with Gasteiger partial charge in [-0.25, -0.2) is 8.42 Å². The van der Waals surface area contributed by atoms with Crippen LogP contribution in [0.2, 0.25) is 0 Å². The Bertz CT molecular complexity index is 604. The first-order chi connectivity index (χ1) is 9.80. The van der Waals surface area contributed by atoms with E-state index in [0.29, 0.717) is 38.4 Å². The fourth-order valence-corrected chi connectivity index (χ4v) is 4.71. The summed E-state index contributed by atoms with van der Waals surface area (Å²) in [5.74, 6) is 0.0253. The molecule has 9 heteroatoms. The van der Waals surface area contributed by atoms with Crippen molar-refractivity contribution >= 4 is 33.0 Å². The Hall–Kier alpha value is -1.16. The van der Waals surface area contributed by atoms with E-state index in [-0.39, 0.29) is 10.1 Å². The van der Waals surface area contributed by atoms with E-state index >= 15 is 0 Å². The summed E-state index contributed by atoms with van der Waals surface area (Å²) in [6.07, 6.45) is 0. The third-order valence-electron chi connectivity index (χ3n) is 3.38. The number of nitrogens with two attached hydrogens (primary N) is 1. The number of hydrogen-bond donors (Lipinski definition) is 1. The highest BCUT2D eigenvalue weighted by molar-refractivity contribution is 7.91. The molecule has 2 heterocycles. The first-order valence-electron chi connectivity index (χ1n) is 6.57. The minimum absolute atomic E-state index is 0.0253. The van der Waals surface area contributed by atoms with Crippen molar-refractivity contribution < 1.29 is 13.2 Å². The van der Waals surface area contributed by atoms with Crippen LogP contribution in [0.25, 0.3) is 0 Å². The van der Waals surface area contributed by atoms with Crippen molar-refractivity contribution in [3.05, 3.63) is 11.4 Å². The van der Waals surface area contributed by atoms with E-state index in [0.717, 1.165) is 11.3 Å². The number of anilines is 1. The van der Waals surface area contributed by atoms with Crippen LogP contribution in [0, 0.1) is 0 Å². The largest absolute Gasteiger partial charge is 0.398 e. The lowest BCUT2D eigenvalue weighted by atomic mass is 10.3. The highest BCUT2D eigenvalue weighted by atomic mass is 32.2. The van der Waals surface area contributed by atoms with Gasteiger partial charge in [0.2, 0.25) is 5.91 Å². The molecule has 0 unspecified atom stereocenters. The predicted molar refractivity (Wildman–Crippen MR) is 82.6 cm³/mol. The van der Waals surface area contributed by atoms with Crippen LogP contribution in [0.1, 0.15) is 0 Å². The number of thiophene rings is 1. The van der Waals surface area contributed by atoms with Crippen LogP contribution in [0.3, 0.4) is 0 Å². The molecule has 118 valence electrons. The standard InChI is InChI=1S/C12H20N4O3S2/c1-14(2)11(17)8-15-3-5-16(6-4-15)21(18,19)12-7-10(13)9-20-12/h7,9H,3-6,8,13H2,1-2H3. The molecular weight excluding hydrogens is 312 g/mol.